The van der Waals surface area contributed by atoms with E-state index in [0.717, 1.165) is 28.1 Å². The Hall–Kier alpha value is -4.66. The summed E-state index contributed by atoms with van der Waals surface area (Å²) >= 11 is 0. The molecule has 0 spiro atoms. The van der Waals surface area contributed by atoms with Crippen molar-refractivity contribution >= 4 is 22.1 Å². The van der Waals surface area contributed by atoms with Gasteiger partial charge in [0, 0.05) is 41.2 Å². The number of aromatic nitrogens is 7. The van der Waals surface area contributed by atoms with Crippen molar-refractivity contribution in [2.75, 3.05) is 0 Å². The van der Waals surface area contributed by atoms with E-state index >= 15 is 0 Å². The van der Waals surface area contributed by atoms with E-state index in [1.807, 2.05) is 18.2 Å². The van der Waals surface area contributed by atoms with Gasteiger partial charge in [-0.3, -0.25) is 5.10 Å². The summed E-state index contributed by atoms with van der Waals surface area (Å²) < 4.78 is 13.9. The third-order valence-corrected chi connectivity index (χ3v) is 5.26. The van der Waals surface area contributed by atoms with E-state index in [9.17, 15) is 9.50 Å². The summed E-state index contributed by atoms with van der Waals surface area (Å²) in [6.45, 7) is 0. The van der Waals surface area contributed by atoms with Crippen LogP contribution >= 0.6 is 0 Å². The Morgan fingerprint density at radius 1 is 0.906 bits per heavy atom. The van der Waals surface area contributed by atoms with Crippen LogP contribution in [0.3, 0.4) is 0 Å². The monoisotopic (exact) mass is 423 g/mol. The highest BCUT2D eigenvalue weighted by Crippen LogP contribution is 2.33. The van der Waals surface area contributed by atoms with Crippen LogP contribution in [-0.2, 0) is 0 Å². The highest BCUT2D eigenvalue weighted by atomic mass is 19.1. The summed E-state index contributed by atoms with van der Waals surface area (Å²) in [5.41, 5.74) is 5.56. The van der Waals surface area contributed by atoms with Crippen LogP contribution in [0, 0.1) is 5.82 Å². The van der Waals surface area contributed by atoms with Crippen molar-refractivity contribution in [1.29, 1.82) is 0 Å². The fourth-order valence-corrected chi connectivity index (χ4v) is 3.81. The summed E-state index contributed by atoms with van der Waals surface area (Å²) in [6.07, 6.45) is 6.60. The second-order valence-electron chi connectivity index (χ2n) is 7.30. The zero-order valence-electron chi connectivity index (χ0n) is 16.4. The Balaban J connectivity index is 1.52. The molecule has 0 atom stereocenters. The fraction of sp³-hybridized carbons (Fsp3) is 0. The van der Waals surface area contributed by atoms with E-state index in [2.05, 4.69) is 30.1 Å². The molecule has 0 amide bonds. The lowest BCUT2D eigenvalue weighted by molar-refractivity contribution is 0.469. The maximum absolute atomic E-state index is 13.9. The molecular weight excluding hydrogens is 409 g/mol. The number of hydrogen-bond donors (Lipinski definition) is 3. The van der Waals surface area contributed by atoms with Crippen LogP contribution in [0.4, 0.5) is 4.39 Å². The predicted molar refractivity (Wildman–Crippen MR) is 117 cm³/mol. The van der Waals surface area contributed by atoms with Crippen molar-refractivity contribution in [1.82, 2.24) is 35.1 Å². The van der Waals surface area contributed by atoms with E-state index in [0.29, 0.717) is 33.8 Å². The number of hydrogen-bond acceptors (Lipinski definition) is 6. The second kappa shape index (κ2) is 6.95. The van der Waals surface area contributed by atoms with Crippen molar-refractivity contribution in [2.45, 2.75) is 0 Å². The number of phenolic OH excluding ortho intramolecular Hbond substituents is 1. The Kier molecular flexibility index (Phi) is 3.94. The first-order valence-corrected chi connectivity index (χ1v) is 9.74. The van der Waals surface area contributed by atoms with Gasteiger partial charge in [0.2, 0.25) is 0 Å². The molecule has 0 aliphatic heterocycles. The van der Waals surface area contributed by atoms with Gasteiger partial charge in [0.15, 0.2) is 11.5 Å². The number of halogens is 1. The molecule has 0 bridgehead atoms. The van der Waals surface area contributed by atoms with E-state index in [1.165, 1.54) is 18.5 Å². The molecule has 6 aromatic rings. The minimum Gasteiger partial charge on any atom is -0.508 e. The maximum atomic E-state index is 13.9. The molecule has 4 heterocycles. The third-order valence-electron chi connectivity index (χ3n) is 5.26. The molecule has 0 radical (unpaired) electrons. The molecule has 0 unspecified atom stereocenters. The van der Waals surface area contributed by atoms with E-state index < -0.39 is 5.82 Å². The topological polar surface area (TPSA) is 116 Å². The normalized spacial score (nSPS) is 11.4. The summed E-state index contributed by atoms with van der Waals surface area (Å²) in [5.74, 6) is -0.166. The van der Waals surface area contributed by atoms with Gasteiger partial charge in [0.1, 0.15) is 29.1 Å². The second-order valence-corrected chi connectivity index (χ2v) is 7.30. The summed E-state index contributed by atoms with van der Waals surface area (Å²) in [5, 5.41) is 18.2. The minimum absolute atomic E-state index is 0.156. The van der Waals surface area contributed by atoms with Gasteiger partial charge in [0.25, 0.3) is 0 Å². The number of nitrogens with one attached hydrogen (secondary N) is 2. The summed E-state index contributed by atoms with van der Waals surface area (Å²) in [6, 6.07) is 11.5. The standard InChI is InChI=1S/C23H14FN7O/c24-15-5-13(6-16(32)8-15)17-3-4-27-22-20(17)28-23(29-22)21-18-7-12(1-2-19(18)30-31-21)14-9-25-11-26-10-14/h1-11,32H,(H,30,31)(H,27,28,29). The SMILES string of the molecule is Oc1cc(F)cc(-c2ccnc3[nH]c(-c4n[nH]c5ccc(-c6cncnc6)cc45)nc23)c1. The molecule has 2 aromatic carbocycles. The first-order chi connectivity index (χ1) is 15.7. The fourth-order valence-electron chi connectivity index (χ4n) is 3.81. The van der Waals surface area contributed by atoms with Crippen molar-refractivity contribution in [3.05, 3.63) is 73.2 Å². The summed E-state index contributed by atoms with van der Waals surface area (Å²) in [4.78, 5) is 20.4. The van der Waals surface area contributed by atoms with Gasteiger partial charge >= 0.3 is 0 Å². The molecule has 32 heavy (non-hydrogen) atoms. The first kappa shape index (κ1) is 18.1. The molecule has 8 nitrogen and oxygen atoms in total. The van der Waals surface area contributed by atoms with E-state index in [4.69, 9.17) is 4.98 Å². The van der Waals surface area contributed by atoms with Crippen molar-refractivity contribution in [2.24, 2.45) is 0 Å². The molecule has 4 aromatic heterocycles. The van der Waals surface area contributed by atoms with Crippen LogP contribution < -0.4 is 0 Å². The summed E-state index contributed by atoms with van der Waals surface area (Å²) in [7, 11) is 0. The number of aromatic amines is 2. The van der Waals surface area contributed by atoms with Gasteiger partial charge in [-0.25, -0.2) is 24.3 Å². The lowest BCUT2D eigenvalue weighted by Gasteiger charge is -2.03. The Morgan fingerprint density at radius 2 is 1.78 bits per heavy atom. The minimum atomic E-state index is -0.531. The van der Waals surface area contributed by atoms with Crippen molar-refractivity contribution in [3.8, 4) is 39.5 Å². The third kappa shape index (κ3) is 2.95. The number of nitrogens with zero attached hydrogens (tertiary/aromatic N) is 5. The average Bonchev–Trinajstić information content (AvgIpc) is 3.42. The van der Waals surface area contributed by atoms with Gasteiger partial charge in [-0.1, -0.05) is 6.07 Å². The van der Waals surface area contributed by atoms with Crippen LogP contribution in [0.25, 0.3) is 55.8 Å². The number of imidazole rings is 1. The molecule has 6 rings (SSSR count). The number of benzene rings is 2. The van der Waals surface area contributed by atoms with Crippen LogP contribution in [0.5, 0.6) is 5.75 Å². The number of H-pyrrole nitrogens is 2. The number of pyridine rings is 1. The highest BCUT2D eigenvalue weighted by Gasteiger charge is 2.17. The average molecular weight is 423 g/mol. The maximum Gasteiger partial charge on any atom is 0.160 e. The molecular formula is C23H14FN7O. The highest BCUT2D eigenvalue weighted by molar-refractivity contribution is 5.97. The first-order valence-electron chi connectivity index (χ1n) is 9.74. The zero-order chi connectivity index (χ0) is 21.7. The van der Waals surface area contributed by atoms with Crippen molar-refractivity contribution < 1.29 is 9.50 Å². The molecule has 0 aliphatic carbocycles. The molecule has 9 heteroatoms. The van der Waals surface area contributed by atoms with Crippen LogP contribution in [0.2, 0.25) is 0 Å². The van der Waals surface area contributed by atoms with Gasteiger partial charge in [-0.2, -0.15) is 5.10 Å². The predicted octanol–water partition coefficient (Wildman–Crippen LogP) is 4.47. The molecule has 0 fully saturated rings. The number of aromatic hydroxyl groups is 1. The van der Waals surface area contributed by atoms with Crippen LogP contribution in [0.15, 0.2) is 67.4 Å². The van der Waals surface area contributed by atoms with Gasteiger partial charge in [-0.15, -0.1) is 0 Å². The zero-order valence-corrected chi connectivity index (χ0v) is 16.4. The largest absolute Gasteiger partial charge is 0.508 e. The molecule has 154 valence electrons. The molecule has 0 saturated heterocycles. The van der Waals surface area contributed by atoms with Gasteiger partial charge in [0.05, 0.1) is 5.52 Å². The van der Waals surface area contributed by atoms with Crippen molar-refractivity contribution in [3.63, 3.8) is 0 Å². The number of phenols is 1. The lowest BCUT2D eigenvalue weighted by atomic mass is 10.1. The smallest absolute Gasteiger partial charge is 0.160 e. The number of rotatable bonds is 3. The molecule has 3 N–H and O–H groups in total. The van der Waals surface area contributed by atoms with E-state index in [-0.39, 0.29) is 5.75 Å². The van der Waals surface area contributed by atoms with Crippen LogP contribution in [-0.4, -0.2) is 40.2 Å². The lowest BCUT2D eigenvalue weighted by Crippen LogP contribution is -1.85. The molecule has 0 saturated carbocycles. The van der Waals surface area contributed by atoms with E-state index in [1.54, 1.807) is 24.7 Å². The molecule has 0 aliphatic rings. The van der Waals surface area contributed by atoms with Crippen LogP contribution in [0.1, 0.15) is 0 Å². The Labute approximate surface area is 179 Å². The van der Waals surface area contributed by atoms with Gasteiger partial charge < -0.3 is 10.1 Å². The van der Waals surface area contributed by atoms with Gasteiger partial charge in [-0.05, 0) is 41.5 Å². The quantitative estimate of drug-likeness (QED) is 0.387. The Bertz CT molecular complexity index is 1590. The number of fused-ring (bicyclic) bond motifs is 2. The Morgan fingerprint density at radius 3 is 2.62 bits per heavy atom.